The van der Waals surface area contributed by atoms with Gasteiger partial charge in [-0.25, -0.2) is 0 Å². The van der Waals surface area contributed by atoms with Crippen LogP contribution in [0.1, 0.15) is 50.8 Å². The summed E-state index contributed by atoms with van der Waals surface area (Å²) in [6.45, 7) is 10.4. The van der Waals surface area contributed by atoms with Crippen LogP contribution < -0.4 is 0 Å². The molecule has 2 aromatic rings. The molecule has 19 heavy (non-hydrogen) atoms. The first kappa shape index (κ1) is 17.4. The van der Waals surface area contributed by atoms with Crippen LogP contribution in [-0.4, -0.2) is 0 Å². The van der Waals surface area contributed by atoms with E-state index in [0.717, 1.165) is 6.42 Å². The summed E-state index contributed by atoms with van der Waals surface area (Å²) in [5.41, 5.74) is 4.07. The third-order valence-corrected chi connectivity index (χ3v) is 2.37. The Balaban J connectivity index is 0.000000573. The highest BCUT2D eigenvalue weighted by atomic mass is 14.0. The Morgan fingerprint density at radius 1 is 0.684 bits per heavy atom. The number of rotatable bonds is 2. The first-order chi connectivity index (χ1) is 9.26. The van der Waals surface area contributed by atoms with Crippen molar-refractivity contribution in [2.24, 2.45) is 0 Å². The van der Waals surface area contributed by atoms with Crippen molar-refractivity contribution in [1.82, 2.24) is 0 Å². The van der Waals surface area contributed by atoms with Gasteiger partial charge < -0.3 is 0 Å². The van der Waals surface area contributed by atoms with E-state index in [-0.39, 0.29) is 0 Å². The largest absolute Gasteiger partial charge is 0.0683 e. The Labute approximate surface area is 119 Å². The lowest BCUT2D eigenvalue weighted by Gasteiger charge is -2.01. The lowest BCUT2D eigenvalue weighted by molar-refractivity contribution is 1.09. The first-order valence-electron chi connectivity index (χ1n) is 7.35. The average Bonchev–Trinajstić information content (AvgIpc) is 2.46. The minimum Gasteiger partial charge on any atom is -0.0683 e. The fraction of sp³-hybridized carbons (Fsp3) is 0.368. The second-order valence-electron chi connectivity index (χ2n) is 4.36. The molecule has 0 amide bonds. The highest BCUT2D eigenvalue weighted by Crippen LogP contribution is 2.09. The summed E-state index contributed by atoms with van der Waals surface area (Å²) >= 11 is 0. The molecule has 0 spiro atoms. The van der Waals surface area contributed by atoms with E-state index in [2.05, 4.69) is 75.4 Å². The van der Waals surface area contributed by atoms with E-state index in [0.29, 0.717) is 0 Å². The van der Waals surface area contributed by atoms with Crippen LogP contribution in [0, 0.1) is 6.92 Å². The maximum absolute atomic E-state index is 2.20. The predicted molar refractivity (Wildman–Crippen MR) is 87.7 cm³/mol. The molecule has 0 radical (unpaired) electrons. The van der Waals surface area contributed by atoms with Gasteiger partial charge >= 0.3 is 0 Å². The second kappa shape index (κ2) is 11.5. The Morgan fingerprint density at radius 2 is 1.11 bits per heavy atom. The van der Waals surface area contributed by atoms with E-state index < -0.39 is 0 Å². The Morgan fingerprint density at radius 3 is 1.58 bits per heavy atom. The van der Waals surface area contributed by atoms with Crippen LogP contribution in [0.3, 0.4) is 0 Å². The van der Waals surface area contributed by atoms with E-state index in [1.807, 2.05) is 13.8 Å². The number of benzene rings is 2. The predicted octanol–water partition coefficient (Wildman–Crippen LogP) is 6.03. The molecule has 2 aromatic carbocycles. The molecule has 0 atom stereocenters. The SMILES string of the molecule is CC.CCC.Cc1ccc(Cc2ccccc2)cc1. The zero-order valence-electron chi connectivity index (χ0n) is 13.1. The van der Waals surface area contributed by atoms with Gasteiger partial charge in [-0.3, -0.25) is 0 Å². The van der Waals surface area contributed by atoms with Gasteiger partial charge in [-0.2, -0.15) is 0 Å². The maximum atomic E-state index is 2.20. The minimum absolute atomic E-state index is 1.03. The fourth-order valence-corrected chi connectivity index (χ4v) is 1.54. The highest BCUT2D eigenvalue weighted by molar-refractivity contribution is 5.27. The molecule has 0 aliphatic carbocycles. The molecule has 0 N–H and O–H groups in total. The van der Waals surface area contributed by atoms with E-state index in [9.17, 15) is 0 Å². The van der Waals surface area contributed by atoms with Gasteiger partial charge in [0.1, 0.15) is 0 Å². The zero-order chi connectivity index (χ0) is 14.5. The fourth-order valence-electron chi connectivity index (χ4n) is 1.54. The van der Waals surface area contributed by atoms with Gasteiger partial charge in [0.05, 0.1) is 0 Å². The zero-order valence-corrected chi connectivity index (χ0v) is 13.1. The molecule has 0 saturated carbocycles. The molecule has 0 aliphatic heterocycles. The molecule has 104 valence electrons. The first-order valence-corrected chi connectivity index (χ1v) is 7.35. The van der Waals surface area contributed by atoms with Crippen molar-refractivity contribution < 1.29 is 0 Å². The molecule has 0 unspecified atom stereocenters. The van der Waals surface area contributed by atoms with Crippen molar-refractivity contribution in [3.05, 3.63) is 71.3 Å². The molecule has 0 aromatic heterocycles. The Kier molecular flexibility index (Phi) is 10.6. The summed E-state index contributed by atoms with van der Waals surface area (Å²) in [6, 6.07) is 19.3. The Hall–Kier alpha value is -1.56. The van der Waals surface area contributed by atoms with Crippen LogP contribution in [0.4, 0.5) is 0 Å². The molecular weight excluding hydrogens is 228 g/mol. The van der Waals surface area contributed by atoms with Crippen LogP contribution in [0.25, 0.3) is 0 Å². The van der Waals surface area contributed by atoms with Crippen molar-refractivity contribution in [2.75, 3.05) is 0 Å². The Bertz CT molecular complexity index is 398. The van der Waals surface area contributed by atoms with Gasteiger partial charge in [0, 0.05) is 0 Å². The lowest BCUT2D eigenvalue weighted by atomic mass is 10.0. The number of hydrogen-bond acceptors (Lipinski definition) is 0. The third kappa shape index (κ3) is 8.20. The van der Waals surface area contributed by atoms with E-state index in [1.165, 1.54) is 23.1 Å². The summed E-state index contributed by atoms with van der Waals surface area (Å²) in [7, 11) is 0. The third-order valence-electron chi connectivity index (χ3n) is 2.37. The lowest BCUT2D eigenvalue weighted by Crippen LogP contribution is -1.86. The number of hydrogen-bond donors (Lipinski definition) is 0. The van der Waals surface area contributed by atoms with Gasteiger partial charge in [-0.1, -0.05) is 94.3 Å². The van der Waals surface area contributed by atoms with Crippen molar-refractivity contribution >= 4 is 0 Å². The maximum Gasteiger partial charge on any atom is -0.00258 e. The van der Waals surface area contributed by atoms with E-state index in [4.69, 9.17) is 0 Å². The van der Waals surface area contributed by atoms with Gasteiger partial charge in [0.15, 0.2) is 0 Å². The molecule has 0 bridgehead atoms. The van der Waals surface area contributed by atoms with Crippen LogP contribution in [0.5, 0.6) is 0 Å². The summed E-state index contributed by atoms with van der Waals surface area (Å²) in [4.78, 5) is 0. The molecule has 0 aliphatic rings. The van der Waals surface area contributed by atoms with Crippen LogP contribution >= 0.6 is 0 Å². The van der Waals surface area contributed by atoms with E-state index >= 15 is 0 Å². The van der Waals surface area contributed by atoms with Gasteiger partial charge in [0.2, 0.25) is 0 Å². The van der Waals surface area contributed by atoms with Crippen molar-refractivity contribution in [3.63, 3.8) is 0 Å². The van der Waals surface area contributed by atoms with Gasteiger partial charge in [-0.05, 0) is 24.5 Å². The quantitative estimate of drug-likeness (QED) is 0.615. The van der Waals surface area contributed by atoms with Gasteiger partial charge in [-0.15, -0.1) is 0 Å². The van der Waals surface area contributed by atoms with Crippen molar-refractivity contribution in [3.8, 4) is 0 Å². The normalized spacial score (nSPS) is 8.68. The van der Waals surface area contributed by atoms with Crippen molar-refractivity contribution in [1.29, 1.82) is 0 Å². The van der Waals surface area contributed by atoms with Crippen molar-refractivity contribution in [2.45, 2.75) is 47.5 Å². The summed E-state index contributed by atoms with van der Waals surface area (Å²) in [5.74, 6) is 0. The summed E-state index contributed by atoms with van der Waals surface area (Å²) in [5, 5.41) is 0. The molecule has 0 saturated heterocycles. The monoisotopic (exact) mass is 256 g/mol. The van der Waals surface area contributed by atoms with Gasteiger partial charge in [0.25, 0.3) is 0 Å². The standard InChI is InChI=1S/C14H14.C3H8.C2H6/c1-12-7-9-14(10-8-12)11-13-5-3-2-4-6-13;1-3-2;1-2/h2-10H,11H2,1H3;3H2,1-2H3;1-2H3. The van der Waals surface area contributed by atoms with E-state index in [1.54, 1.807) is 0 Å². The van der Waals surface area contributed by atoms with Crippen LogP contribution in [0.15, 0.2) is 54.6 Å². The molecule has 0 fully saturated rings. The topological polar surface area (TPSA) is 0 Å². The minimum atomic E-state index is 1.03. The highest BCUT2D eigenvalue weighted by Gasteiger charge is 1.94. The summed E-state index contributed by atoms with van der Waals surface area (Å²) in [6.07, 6.45) is 2.28. The smallest absolute Gasteiger partial charge is 0.00258 e. The molecule has 0 heteroatoms. The number of aryl methyl sites for hydroxylation is 1. The van der Waals surface area contributed by atoms with Crippen LogP contribution in [-0.2, 0) is 6.42 Å². The average molecular weight is 256 g/mol. The molecular formula is C19H28. The molecule has 0 nitrogen and oxygen atoms in total. The summed E-state index contributed by atoms with van der Waals surface area (Å²) < 4.78 is 0. The molecule has 0 heterocycles. The van der Waals surface area contributed by atoms with Crippen LogP contribution in [0.2, 0.25) is 0 Å². The molecule has 2 rings (SSSR count). The second-order valence-corrected chi connectivity index (χ2v) is 4.36.